The van der Waals surface area contributed by atoms with E-state index in [1.807, 2.05) is 54.6 Å². The normalized spacial score (nSPS) is 10.8. The topological polar surface area (TPSA) is 90.5 Å². The zero-order chi connectivity index (χ0) is 23.3. The van der Waals surface area contributed by atoms with Gasteiger partial charge in [0.25, 0.3) is 5.91 Å². The molecular formula is C26H21N5O3. The van der Waals surface area contributed by atoms with E-state index < -0.39 is 0 Å². The first-order valence-electron chi connectivity index (χ1n) is 10.7. The molecule has 8 heteroatoms. The number of anilines is 1. The summed E-state index contributed by atoms with van der Waals surface area (Å²) in [6.45, 7) is 0.653. The molecule has 1 N–H and O–H groups in total. The molecule has 0 saturated carbocycles. The van der Waals surface area contributed by atoms with Gasteiger partial charge < -0.3 is 10.1 Å². The molecule has 2 aromatic carbocycles. The number of nitrogens with zero attached hydrogens (tertiary/aromatic N) is 4. The Kier molecular flexibility index (Phi) is 5.85. The minimum absolute atomic E-state index is 0.218. The number of pyridine rings is 2. The van der Waals surface area contributed by atoms with Crippen LogP contribution in [-0.2, 0) is 13.2 Å². The van der Waals surface area contributed by atoms with E-state index in [1.165, 1.54) is 9.08 Å². The Morgan fingerprint density at radius 1 is 0.912 bits per heavy atom. The van der Waals surface area contributed by atoms with Gasteiger partial charge in [0.15, 0.2) is 5.65 Å². The van der Waals surface area contributed by atoms with Crippen molar-refractivity contribution in [3.8, 4) is 5.88 Å². The van der Waals surface area contributed by atoms with E-state index in [1.54, 1.807) is 42.7 Å². The van der Waals surface area contributed by atoms with Crippen molar-refractivity contribution in [2.24, 2.45) is 0 Å². The van der Waals surface area contributed by atoms with Crippen LogP contribution in [0.1, 0.15) is 21.5 Å². The fraction of sp³-hybridized carbons (Fsp3) is 0.0769. The third-order valence-electron chi connectivity index (χ3n) is 5.23. The van der Waals surface area contributed by atoms with Gasteiger partial charge in [0.1, 0.15) is 6.61 Å². The van der Waals surface area contributed by atoms with Crippen LogP contribution in [0.15, 0.2) is 102 Å². The molecule has 5 aromatic rings. The lowest BCUT2D eigenvalue weighted by molar-refractivity contribution is 0.102. The van der Waals surface area contributed by atoms with E-state index in [4.69, 9.17) is 4.74 Å². The third-order valence-corrected chi connectivity index (χ3v) is 5.23. The van der Waals surface area contributed by atoms with Crippen LogP contribution in [0.5, 0.6) is 5.88 Å². The number of carbonyl (C=O) groups is 1. The van der Waals surface area contributed by atoms with E-state index in [-0.39, 0.29) is 18.1 Å². The van der Waals surface area contributed by atoms with Crippen LogP contribution in [0.4, 0.5) is 5.69 Å². The summed E-state index contributed by atoms with van der Waals surface area (Å²) in [4.78, 5) is 29.5. The predicted octanol–water partition coefficient (Wildman–Crippen LogP) is 3.77. The van der Waals surface area contributed by atoms with Crippen LogP contribution in [0.2, 0.25) is 0 Å². The number of benzene rings is 2. The number of hydrogen-bond donors (Lipinski definition) is 1. The first-order chi connectivity index (χ1) is 16.7. The monoisotopic (exact) mass is 451 g/mol. The minimum atomic E-state index is -0.283. The third kappa shape index (κ3) is 4.71. The van der Waals surface area contributed by atoms with Crippen LogP contribution in [0.3, 0.4) is 0 Å². The summed E-state index contributed by atoms with van der Waals surface area (Å²) in [5.74, 6) is 0.0884. The lowest BCUT2D eigenvalue weighted by Gasteiger charge is -2.09. The van der Waals surface area contributed by atoms with Crippen molar-refractivity contribution in [1.29, 1.82) is 0 Å². The molecule has 168 valence electrons. The largest absolute Gasteiger partial charge is 0.473 e. The van der Waals surface area contributed by atoms with E-state index in [0.717, 1.165) is 11.1 Å². The van der Waals surface area contributed by atoms with E-state index in [0.29, 0.717) is 29.4 Å². The van der Waals surface area contributed by atoms with Crippen molar-refractivity contribution in [3.05, 3.63) is 124 Å². The highest BCUT2D eigenvalue weighted by Gasteiger charge is 2.10. The van der Waals surface area contributed by atoms with E-state index in [9.17, 15) is 9.59 Å². The molecule has 0 aliphatic heterocycles. The number of carbonyl (C=O) groups excluding carboxylic acids is 1. The van der Waals surface area contributed by atoms with Gasteiger partial charge in [-0.1, -0.05) is 48.5 Å². The van der Waals surface area contributed by atoms with Crippen LogP contribution < -0.4 is 15.7 Å². The molecule has 1 amide bonds. The molecular weight excluding hydrogens is 430 g/mol. The quantitative estimate of drug-likeness (QED) is 0.407. The summed E-state index contributed by atoms with van der Waals surface area (Å²) >= 11 is 0. The lowest BCUT2D eigenvalue weighted by atomic mass is 10.2. The second-order valence-electron chi connectivity index (χ2n) is 7.68. The van der Waals surface area contributed by atoms with Gasteiger partial charge in [-0.15, -0.1) is 5.10 Å². The van der Waals surface area contributed by atoms with E-state index >= 15 is 0 Å². The highest BCUT2D eigenvalue weighted by molar-refractivity contribution is 6.04. The summed E-state index contributed by atoms with van der Waals surface area (Å²) in [5, 5.41) is 7.25. The van der Waals surface area contributed by atoms with Gasteiger partial charge in [0, 0.05) is 29.7 Å². The predicted molar refractivity (Wildman–Crippen MR) is 128 cm³/mol. The number of rotatable bonds is 7. The van der Waals surface area contributed by atoms with Crippen molar-refractivity contribution in [1.82, 2.24) is 19.2 Å². The van der Waals surface area contributed by atoms with Crippen LogP contribution in [-0.4, -0.2) is 25.1 Å². The Labute approximate surface area is 195 Å². The van der Waals surface area contributed by atoms with Gasteiger partial charge in [-0.05, 0) is 41.5 Å². The minimum Gasteiger partial charge on any atom is -0.473 e. The molecule has 0 aliphatic rings. The number of fused-ring (bicyclic) bond motifs is 1. The Bertz CT molecular complexity index is 1510. The van der Waals surface area contributed by atoms with Gasteiger partial charge in [-0.25, -0.2) is 14.5 Å². The molecule has 34 heavy (non-hydrogen) atoms. The van der Waals surface area contributed by atoms with Crippen LogP contribution in [0, 0.1) is 0 Å². The average Bonchev–Trinajstić information content (AvgIpc) is 3.19. The SMILES string of the molecule is O=C(Nc1cccc(Cn2nc3ccccn3c2=O)c1)c1ccnc(OCc2ccccc2)c1. The fourth-order valence-electron chi connectivity index (χ4n) is 3.56. The van der Waals surface area contributed by atoms with E-state index in [2.05, 4.69) is 15.4 Å². The van der Waals surface area contributed by atoms with Gasteiger partial charge in [-0.2, -0.15) is 0 Å². The first kappa shape index (κ1) is 21.1. The molecule has 0 bridgehead atoms. The molecule has 3 aromatic heterocycles. The lowest BCUT2D eigenvalue weighted by Crippen LogP contribution is -2.21. The van der Waals surface area contributed by atoms with Crippen molar-refractivity contribution < 1.29 is 9.53 Å². The number of aromatic nitrogens is 4. The second-order valence-corrected chi connectivity index (χ2v) is 7.68. The molecule has 0 fully saturated rings. The fourth-order valence-corrected chi connectivity index (χ4v) is 3.56. The summed E-state index contributed by atoms with van der Waals surface area (Å²) < 4.78 is 8.61. The van der Waals surface area contributed by atoms with Gasteiger partial charge in [0.2, 0.25) is 5.88 Å². The Hall–Kier alpha value is -4.72. The van der Waals surface area contributed by atoms with Gasteiger partial charge >= 0.3 is 5.69 Å². The molecule has 8 nitrogen and oxygen atoms in total. The molecule has 0 radical (unpaired) electrons. The maximum Gasteiger partial charge on any atom is 0.350 e. The highest BCUT2D eigenvalue weighted by Crippen LogP contribution is 2.16. The first-order valence-corrected chi connectivity index (χ1v) is 10.7. The Morgan fingerprint density at radius 3 is 2.59 bits per heavy atom. The van der Waals surface area contributed by atoms with Crippen molar-refractivity contribution in [3.63, 3.8) is 0 Å². The molecule has 0 spiro atoms. The van der Waals surface area contributed by atoms with Gasteiger partial charge in [0.05, 0.1) is 6.54 Å². The summed E-state index contributed by atoms with van der Waals surface area (Å²) in [5.41, 5.74) is 3.26. The summed E-state index contributed by atoms with van der Waals surface area (Å²) in [6.07, 6.45) is 3.23. The van der Waals surface area contributed by atoms with Crippen molar-refractivity contribution in [2.45, 2.75) is 13.2 Å². The molecule has 5 rings (SSSR count). The smallest absolute Gasteiger partial charge is 0.350 e. The average molecular weight is 451 g/mol. The molecule has 0 unspecified atom stereocenters. The Balaban J connectivity index is 1.27. The molecule has 0 saturated heterocycles. The molecule has 0 aliphatic carbocycles. The molecule has 3 heterocycles. The molecule has 0 atom stereocenters. The number of hydrogen-bond acceptors (Lipinski definition) is 5. The number of ether oxygens (including phenoxy) is 1. The summed E-state index contributed by atoms with van der Waals surface area (Å²) in [7, 11) is 0. The number of nitrogens with one attached hydrogen (secondary N) is 1. The van der Waals surface area contributed by atoms with Crippen LogP contribution >= 0.6 is 0 Å². The summed E-state index contributed by atoms with van der Waals surface area (Å²) in [6, 6.07) is 25.7. The Morgan fingerprint density at radius 2 is 1.74 bits per heavy atom. The van der Waals surface area contributed by atoms with Gasteiger partial charge in [-0.3, -0.25) is 9.20 Å². The van der Waals surface area contributed by atoms with Crippen molar-refractivity contribution >= 4 is 17.2 Å². The standard InChI is InChI=1S/C26H21N5O3/c32-25(21-12-13-27-24(16-21)34-18-19-7-2-1-3-8-19)28-22-10-6-9-20(15-22)17-31-26(33)30-14-5-4-11-23(30)29-31/h1-16H,17-18H2,(H,28,32). The maximum atomic E-state index is 12.8. The highest BCUT2D eigenvalue weighted by atomic mass is 16.5. The van der Waals surface area contributed by atoms with Crippen molar-refractivity contribution in [2.75, 3.05) is 5.32 Å². The zero-order valence-electron chi connectivity index (χ0n) is 18.2. The second kappa shape index (κ2) is 9.41. The maximum absolute atomic E-state index is 12.8. The van der Waals surface area contributed by atoms with Crippen LogP contribution in [0.25, 0.3) is 5.65 Å². The number of amides is 1. The zero-order valence-corrected chi connectivity index (χ0v) is 18.2.